The van der Waals surface area contributed by atoms with E-state index in [0.29, 0.717) is 44.9 Å². The van der Waals surface area contributed by atoms with Crippen molar-refractivity contribution in [1.82, 2.24) is 9.21 Å². The minimum absolute atomic E-state index is 0.128. The van der Waals surface area contributed by atoms with Crippen LogP contribution in [0.25, 0.3) is 0 Å². The van der Waals surface area contributed by atoms with E-state index in [1.165, 1.54) is 0 Å². The van der Waals surface area contributed by atoms with Crippen LogP contribution in [0.1, 0.15) is 27.2 Å². The van der Waals surface area contributed by atoms with Crippen molar-refractivity contribution >= 4 is 16.0 Å². The van der Waals surface area contributed by atoms with Crippen LogP contribution in [0.4, 0.5) is 13.2 Å². The first kappa shape index (κ1) is 26.1. The fourth-order valence-corrected chi connectivity index (χ4v) is 4.33. The van der Waals surface area contributed by atoms with Crippen LogP contribution in [0.15, 0.2) is 0 Å². The van der Waals surface area contributed by atoms with Crippen LogP contribution in [0.2, 0.25) is 0 Å². The molecule has 12 heteroatoms. The van der Waals surface area contributed by atoms with Crippen LogP contribution in [-0.4, -0.2) is 98.8 Å². The molecule has 1 spiro atoms. The normalized spacial score (nSPS) is 26.4. The number of alkyl halides is 3. The van der Waals surface area contributed by atoms with E-state index in [9.17, 15) is 21.6 Å². The molecule has 29 heavy (non-hydrogen) atoms. The zero-order valence-corrected chi connectivity index (χ0v) is 18.1. The third-order valence-electron chi connectivity index (χ3n) is 5.03. The summed E-state index contributed by atoms with van der Waals surface area (Å²) in [5.74, 6) is -2.20. The van der Waals surface area contributed by atoms with Crippen LogP contribution in [0.5, 0.6) is 0 Å². The molecule has 2 aliphatic rings. The monoisotopic (exact) mass is 448 g/mol. The molecule has 0 amide bonds. The lowest BCUT2D eigenvalue weighted by Crippen LogP contribution is -2.46. The summed E-state index contributed by atoms with van der Waals surface area (Å²) in [7, 11) is -1.08. The third kappa shape index (κ3) is 8.00. The average molecular weight is 449 g/mol. The molecular weight excluding hydrogens is 417 g/mol. The molecule has 8 nitrogen and oxygen atoms in total. The molecule has 1 N–H and O–H groups in total. The predicted molar refractivity (Wildman–Crippen MR) is 100 cm³/mol. The third-order valence-corrected chi connectivity index (χ3v) is 6.86. The lowest BCUT2D eigenvalue weighted by molar-refractivity contribution is -0.192. The van der Waals surface area contributed by atoms with Gasteiger partial charge in [0.05, 0.1) is 25.6 Å². The van der Waals surface area contributed by atoms with E-state index in [2.05, 4.69) is 25.8 Å². The summed E-state index contributed by atoms with van der Waals surface area (Å²) in [5, 5.41) is 7.12. The molecule has 2 aliphatic heterocycles. The van der Waals surface area contributed by atoms with Crippen molar-refractivity contribution in [3.63, 3.8) is 0 Å². The average Bonchev–Trinajstić information content (AvgIpc) is 2.86. The number of ether oxygens (including phenoxy) is 2. The van der Waals surface area contributed by atoms with Gasteiger partial charge in [-0.15, -0.1) is 0 Å². The van der Waals surface area contributed by atoms with Gasteiger partial charge in [0.15, 0.2) is 0 Å². The van der Waals surface area contributed by atoms with E-state index in [1.54, 1.807) is 11.2 Å². The zero-order chi connectivity index (χ0) is 22.5. The lowest BCUT2D eigenvalue weighted by Gasteiger charge is -2.31. The number of sulfonamides is 1. The largest absolute Gasteiger partial charge is 0.490 e. The number of carbonyl (C=O) groups is 1. The molecule has 0 radical (unpaired) electrons. The van der Waals surface area contributed by atoms with E-state index in [0.717, 1.165) is 13.0 Å². The van der Waals surface area contributed by atoms with Crippen LogP contribution in [0.3, 0.4) is 0 Å². The van der Waals surface area contributed by atoms with E-state index in [-0.39, 0.29) is 5.75 Å². The summed E-state index contributed by atoms with van der Waals surface area (Å²) < 4.78 is 69.4. The quantitative estimate of drug-likeness (QED) is 0.679. The molecule has 0 saturated carbocycles. The molecule has 172 valence electrons. The van der Waals surface area contributed by atoms with Gasteiger partial charge in [-0.25, -0.2) is 13.2 Å². The second-order valence-corrected chi connectivity index (χ2v) is 9.94. The molecule has 0 aromatic carbocycles. The topological polar surface area (TPSA) is 96.4 Å². The van der Waals surface area contributed by atoms with Gasteiger partial charge < -0.3 is 19.5 Å². The first-order valence-electron chi connectivity index (χ1n) is 9.42. The minimum atomic E-state index is -5.08. The molecule has 0 bridgehead atoms. The predicted octanol–water partition coefficient (Wildman–Crippen LogP) is 1.42. The van der Waals surface area contributed by atoms with Gasteiger partial charge in [0.2, 0.25) is 10.0 Å². The highest BCUT2D eigenvalue weighted by atomic mass is 32.2. The molecule has 2 rings (SSSR count). The molecule has 0 aromatic heterocycles. The molecule has 2 atom stereocenters. The van der Waals surface area contributed by atoms with Gasteiger partial charge in [-0.2, -0.15) is 17.5 Å². The van der Waals surface area contributed by atoms with Crippen molar-refractivity contribution in [3.05, 3.63) is 0 Å². The van der Waals surface area contributed by atoms with Crippen molar-refractivity contribution in [2.24, 2.45) is 5.92 Å². The number of aliphatic carboxylic acids is 1. The summed E-state index contributed by atoms with van der Waals surface area (Å²) in [6, 6.07) is 0.499. The highest BCUT2D eigenvalue weighted by Crippen LogP contribution is 2.34. The summed E-state index contributed by atoms with van der Waals surface area (Å²) in [5.41, 5.74) is -0.471. The Labute approximate surface area is 170 Å². The van der Waals surface area contributed by atoms with Gasteiger partial charge in [-0.05, 0) is 40.2 Å². The molecular formula is C17H31F3N2O6S. The second-order valence-electron chi connectivity index (χ2n) is 7.69. The standard InChI is InChI=1S/C15H30N2O4S.C2HF3O2/c1-5-22(18,19)17-6-7-20-12-15(11-17)8-14(10-21-15)9-16(4)13(2)3;3-2(4,5)1(6)7/h13-14H,5-12H2,1-4H3;(H,6,7). The maximum absolute atomic E-state index is 12.2. The first-order valence-corrected chi connectivity index (χ1v) is 11.0. The number of carboxylic acid groups (broad SMARTS) is 1. The van der Waals surface area contributed by atoms with Crippen molar-refractivity contribution in [2.75, 3.05) is 52.3 Å². The Kier molecular flexibility index (Phi) is 9.34. The zero-order valence-electron chi connectivity index (χ0n) is 17.2. The maximum Gasteiger partial charge on any atom is 0.490 e. The molecule has 2 unspecified atom stereocenters. The van der Waals surface area contributed by atoms with E-state index in [1.807, 2.05) is 0 Å². The van der Waals surface area contributed by atoms with Crippen molar-refractivity contribution in [1.29, 1.82) is 0 Å². The molecule has 0 aromatic rings. The second kappa shape index (κ2) is 10.4. The van der Waals surface area contributed by atoms with Gasteiger partial charge in [0.25, 0.3) is 0 Å². The van der Waals surface area contributed by atoms with Gasteiger partial charge in [0, 0.05) is 25.7 Å². The lowest BCUT2D eigenvalue weighted by atomic mass is 9.94. The van der Waals surface area contributed by atoms with Crippen LogP contribution >= 0.6 is 0 Å². The Morgan fingerprint density at radius 3 is 2.45 bits per heavy atom. The number of nitrogens with zero attached hydrogens (tertiary/aromatic N) is 2. The first-order chi connectivity index (χ1) is 13.2. The Balaban J connectivity index is 0.000000516. The minimum Gasteiger partial charge on any atom is -0.475 e. The van der Waals surface area contributed by atoms with E-state index < -0.39 is 27.8 Å². The van der Waals surface area contributed by atoms with E-state index in [4.69, 9.17) is 19.4 Å². The number of rotatable bonds is 5. The fourth-order valence-electron chi connectivity index (χ4n) is 3.18. The van der Waals surface area contributed by atoms with Gasteiger partial charge in [-0.3, -0.25) is 0 Å². The summed E-state index contributed by atoms with van der Waals surface area (Å²) >= 11 is 0. The fraction of sp³-hybridized carbons (Fsp3) is 0.941. The number of halogens is 3. The molecule has 2 saturated heterocycles. The van der Waals surface area contributed by atoms with E-state index >= 15 is 0 Å². The van der Waals surface area contributed by atoms with Gasteiger partial charge >= 0.3 is 12.1 Å². The summed E-state index contributed by atoms with van der Waals surface area (Å²) in [4.78, 5) is 11.2. The van der Waals surface area contributed by atoms with Crippen molar-refractivity contribution < 1.29 is 41.0 Å². The van der Waals surface area contributed by atoms with Crippen molar-refractivity contribution in [3.8, 4) is 0 Å². The maximum atomic E-state index is 12.2. The molecule has 2 heterocycles. The Morgan fingerprint density at radius 2 is 1.97 bits per heavy atom. The highest BCUT2D eigenvalue weighted by Gasteiger charge is 2.45. The van der Waals surface area contributed by atoms with Gasteiger partial charge in [0.1, 0.15) is 5.60 Å². The van der Waals surface area contributed by atoms with Crippen LogP contribution in [0, 0.1) is 5.92 Å². The van der Waals surface area contributed by atoms with Crippen LogP contribution in [-0.2, 0) is 24.3 Å². The SMILES string of the molecule is CCS(=O)(=O)N1CCOCC2(CC(CN(C)C(C)C)CO2)C1.O=C(O)C(F)(F)F. The molecule has 0 aliphatic carbocycles. The highest BCUT2D eigenvalue weighted by molar-refractivity contribution is 7.89. The smallest absolute Gasteiger partial charge is 0.475 e. The van der Waals surface area contributed by atoms with Crippen molar-refractivity contribution in [2.45, 2.75) is 45.0 Å². The summed E-state index contributed by atoms with van der Waals surface area (Å²) in [6.45, 7) is 9.48. The summed E-state index contributed by atoms with van der Waals surface area (Å²) in [6.07, 6.45) is -4.22. The van der Waals surface area contributed by atoms with Crippen LogP contribution < -0.4 is 0 Å². The Hall–Kier alpha value is -0.950. The Morgan fingerprint density at radius 1 is 1.38 bits per heavy atom. The number of hydrogen-bond acceptors (Lipinski definition) is 6. The number of hydrogen-bond donors (Lipinski definition) is 1. The Bertz CT molecular complexity index is 644. The van der Waals surface area contributed by atoms with Gasteiger partial charge in [-0.1, -0.05) is 0 Å². The molecule has 2 fully saturated rings. The number of carboxylic acids is 1.